The van der Waals surface area contributed by atoms with Crippen LogP contribution in [-0.4, -0.2) is 40.6 Å². The first-order chi connectivity index (χ1) is 10.4. The van der Waals surface area contributed by atoms with Gasteiger partial charge in [-0.05, 0) is 36.6 Å². The van der Waals surface area contributed by atoms with Gasteiger partial charge in [-0.2, -0.15) is 0 Å². The van der Waals surface area contributed by atoms with Crippen LogP contribution in [0.25, 0.3) is 0 Å². The Morgan fingerprint density at radius 2 is 2.18 bits per heavy atom. The molecule has 2 heterocycles. The molecule has 22 heavy (non-hydrogen) atoms. The summed E-state index contributed by atoms with van der Waals surface area (Å²) in [7, 11) is 0. The highest BCUT2D eigenvalue weighted by molar-refractivity contribution is 5.84. The first kappa shape index (κ1) is 15.8. The van der Waals surface area contributed by atoms with Gasteiger partial charge in [-0.25, -0.2) is 4.79 Å². The van der Waals surface area contributed by atoms with Crippen LogP contribution >= 0.6 is 0 Å². The van der Waals surface area contributed by atoms with E-state index >= 15 is 0 Å². The number of nitrogens with two attached hydrogens (primary N) is 3. The number of rotatable bonds is 6. The molecule has 0 bridgehead atoms. The average molecular weight is 303 g/mol. The molecule has 0 amide bonds. The van der Waals surface area contributed by atoms with Crippen molar-refractivity contribution < 1.29 is 9.90 Å². The molecule has 0 aromatic heterocycles. The Balaban J connectivity index is 2.14. The van der Waals surface area contributed by atoms with Crippen LogP contribution in [-0.2, 0) is 4.79 Å². The van der Waals surface area contributed by atoms with Crippen LogP contribution in [0.3, 0.4) is 0 Å². The second-order valence-electron chi connectivity index (χ2n) is 5.27. The van der Waals surface area contributed by atoms with Gasteiger partial charge in [0.1, 0.15) is 5.54 Å². The smallest absolute Gasteiger partial charge is 0.328 e. The number of nitrogens with zero attached hydrogens (tertiary/aromatic N) is 2. The Hall–Kier alpha value is -2.54. The van der Waals surface area contributed by atoms with E-state index in [-0.39, 0.29) is 12.4 Å². The minimum atomic E-state index is -1.44. The lowest BCUT2D eigenvalue weighted by molar-refractivity contribution is -0.142. The number of carboxylic acids is 1. The van der Waals surface area contributed by atoms with Crippen molar-refractivity contribution in [2.45, 2.75) is 18.4 Å². The van der Waals surface area contributed by atoms with Crippen LogP contribution < -0.4 is 17.2 Å². The molecule has 0 saturated heterocycles. The fourth-order valence-electron chi connectivity index (χ4n) is 2.45. The van der Waals surface area contributed by atoms with Crippen molar-refractivity contribution >= 4 is 11.9 Å². The molecule has 0 saturated carbocycles. The molecule has 1 atom stereocenters. The second-order valence-corrected chi connectivity index (χ2v) is 5.27. The third kappa shape index (κ3) is 3.37. The first-order valence-electron chi connectivity index (χ1n) is 7.05. The van der Waals surface area contributed by atoms with Crippen molar-refractivity contribution in [3.63, 3.8) is 0 Å². The summed E-state index contributed by atoms with van der Waals surface area (Å²) in [4.78, 5) is 17.6. The monoisotopic (exact) mass is 303 g/mol. The van der Waals surface area contributed by atoms with E-state index in [1.165, 1.54) is 0 Å². The predicted octanol–water partition coefficient (Wildman–Crippen LogP) is 0.0315. The summed E-state index contributed by atoms with van der Waals surface area (Å²) < 4.78 is 0. The highest BCUT2D eigenvalue weighted by Gasteiger charge is 2.37. The Labute approximate surface area is 129 Å². The van der Waals surface area contributed by atoms with Gasteiger partial charge in [-0.1, -0.05) is 12.2 Å². The normalized spacial score (nSPS) is 18.9. The molecule has 0 aliphatic carbocycles. The van der Waals surface area contributed by atoms with Gasteiger partial charge < -0.3 is 27.2 Å². The van der Waals surface area contributed by atoms with Gasteiger partial charge in [0, 0.05) is 25.0 Å². The molecule has 118 valence electrons. The standard InChI is InChI=1S/C15H21N5O2/c16-14(17)19-7-3-6-15(18,13(21)22)11-5-9-20-8-2-1-4-12(20)10-11/h1-2,4-5,8,10H,3,6-7,9,18H2,(H,21,22)(H4,16,17,19). The molecule has 0 radical (unpaired) electrons. The zero-order chi connectivity index (χ0) is 16.2. The third-order valence-electron chi connectivity index (χ3n) is 3.71. The van der Waals surface area contributed by atoms with E-state index in [1.54, 1.807) is 0 Å². The fourth-order valence-corrected chi connectivity index (χ4v) is 2.45. The van der Waals surface area contributed by atoms with Crippen LogP contribution in [0.2, 0.25) is 0 Å². The Morgan fingerprint density at radius 3 is 2.86 bits per heavy atom. The zero-order valence-electron chi connectivity index (χ0n) is 12.3. The maximum Gasteiger partial charge on any atom is 0.328 e. The van der Waals surface area contributed by atoms with Crippen LogP contribution in [0, 0.1) is 0 Å². The third-order valence-corrected chi connectivity index (χ3v) is 3.71. The van der Waals surface area contributed by atoms with E-state index in [9.17, 15) is 9.90 Å². The number of fused-ring (bicyclic) bond motifs is 1. The maximum atomic E-state index is 11.7. The molecule has 0 fully saturated rings. The summed E-state index contributed by atoms with van der Waals surface area (Å²) in [5.74, 6) is -1.06. The van der Waals surface area contributed by atoms with Crippen molar-refractivity contribution in [1.82, 2.24) is 4.90 Å². The number of aliphatic carboxylic acids is 1. The highest BCUT2D eigenvalue weighted by Crippen LogP contribution is 2.28. The molecule has 7 N–H and O–H groups in total. The number of carboxylic acid groups (broad SMARTS) is 1. The topological polar surface area (TPSA) is 131 Å². The number of aliphatic imine (C=N–C) groups is 1. The van der Waals surface area contributed by atoms with Crippen molar-refractivity contribution in [2.24, 2.45) is 22.2 Å². The largest absolute Gasteiger partial charge is 0.480 e. The van der Waals surface area contributed by atoms with Gasteiger partial charge in [0.25, 0.3) is 0 Å². The quantitative estimate of drug-likeness (QED) is 0.311. The lowest BCUT2D eigenvalue weighted by Crippen LogP contribution is -2.50. The predicted molar refractivity (Wildman–Crippen MR) is 85.6 cm³/mol. The summed E-state index contributed by atoms with van der Waals surface area (Å²) in [5, 5.41) is 9.56. The van der Waals surface area contributed by atoms with Gasteiger partial charge in [0.2, 0.25) is 0 Å². The number of guanidine groups is 1. The lowest BCUT2D eigenvalue weighted by atomic mass is 9.83. The van der Waals surface area contributed by atoms with Crippen LogP contribution in [0.4, 0.5) is 0 Å². The van der Waals surface area contributed by atoms with E-state index in [2.05, 4.69) is 4.99 Å². The summed E-state index contributed by atoms with van der Waals surface area (Å²) in [6.07, 6.45) is 12.1. The van der Waals surface area contributed by atoms with Gasteiger partial charge in [-0.3, -0.25) is 4.99 Å². The first-order valence-corrected chi connectivity index (χ1v) is 7.05. The number of carbonyl (C=O) groups is 1. The molecule has 2 aliphatic rings. The van der Waals surface area contributed by atoms with Gasteiger partial charge >= 0.3 is 5.97 Å². The average Bonchev–Trinajstić information content (AvgIpc) is 2.50. The lowest BCUT2D eigenvalue weighted by Gasteiger charge is -2.32. The van der Waals surface area contributed by atoms with Crippen LogP contribution in [0.1, 0.15) is 12.8 Å². The molecular formula is C15H21N5O2. The van der Waals surface area contributed by atoms with Crippen molar-refractivity contribution in [2.75, 3.05) is 13.1 Å². The minimum Gasteiger partial charge on any atom is -0.480 e. The summed E-state index contributed by atoms with van der Waals surface area (Å²) >= 11 is 0. The maximum absolute atomic E-state index is 11.7. The highest BCUT2D eigenvalue weighted by atomic mass is 16.4. The molecule has 2 aliphatic heterocycles. The second kappa shape index (κ2) is 6.48. The molecule has 2 rings (SSSR count). The Morgan fingerprint density at radius 1 is 1.41 bits per heavy atom. The van der Waals surface area contributed by atoms with Crippen LogP contribution in [0.5, 0.6) is 0 Å². The van der Waals surface area contributed by atoms with E-state index in [0.717, 1.165) is 5.70 Å². The number of allylic oxidation sites excluding steroid dienone is 3. The SMILES string of the molecule is NC(N)=NCCCC(N)(C(=O)O)C1=CCN2C=CC=CC2=C1. The van der Waals surface area contributed by atoms with E-state index in [1.807, 2.05) is 41.5 Å². The van der Waals surface area contributed by atoms with E-state index in [4.69, 9.17) is 17.2 Å². The zero-order valence-corrected chi connectivity index (χ0v) is 12.3. The molecule has 0 spiro atoms. The van der Waals surface area contributed by atoms with Crippen molar-refractivity contribution in [3.05, 3.63) is 47.9 Å². The molecule has 1 unspecified atom stereocenters. The van der Waals surface area contributed by atoms with E-state index < -0.39 is 11.5 Å². The van der Waals surface area contributed by atoms with Gasteiger partial charge in [0.15, 0.2) is 5.96 Å². The number of hydrogen-bond acceptors (Lipinski definition) is 4. The Bertz CT molecular complexity index is 599. The Kier molecular flexibility index (Phi) is 4.67. The molecule has 7 heteroatoms. The number of hydrogen-bond donors (Lipinski definition) is 4. The summed E-state index contributed by atoms with van der Waals surface area (Å²) in [5.41, 5.74) is 16.8. The fraction of sp³-hybridized carbons (Fsp3) is 0.333. The molecule has 0 aromatic carbocycles. The van der Waals surface area contributed by atoms with Crippen molar-refractivity contribution in [3.8, 4) is 0 Å². The van der Waals surface area contributed by atoms with E-state index in [0.29, 0.717) is 25.1 Å². The summed E-state index contributed by atoms with van der Waals surface area (Å²) in [6.45, 7) is 0.954. The summed E-state index contributed by atoms with van der Waals surface area (Å²) in [6, 6.07) is 0. The van der Waals surface area contributed by atoms with Gasteiger partial charge in [-0.15, -0.1) is 0 Å². The van der Waals surface area contributed by atoms with Gasteiger partial charge in [0.05, 0.1) is 0 Å². The van der Waals surface area contributed by atoms with Crippen LogP contribution in [0.15, 0.2) is 52.8 Å². The molecule has 0 aromatic rings. The molecular weight excluding hydrogens is 282 g/mol. The molecule has 7 nitrogen and oxygen atoms in total. The van der Waals surface area contributed by atoms with Crippen molar-refractivity contribution in [1.29, 1.82) is 0 Å². The minimum absolute atomic E-state index is 0.00767.